The Morgan fingerprint density at radius 2 is 1.90 bits per heavy atom. The SMILES string of the molecule is Clc1ccc2[nH]cc(Cc3ccc4c(c3)CNC4)c2c1. The lowest BCUT2D eigenvalue weighted by molar-refractivity contribution is 0.764. The van der Waals surface area contributed by atoms with Crippen molar-refractivity contribution in [2.75, 3.05) is 0 Å². The molecule has 0 atom stereocenters. The van der Waals surface area contributed by atoms with Crippen LogP contribution in [-0.2, 0) is 19.5 Å². The summed E-state index contributed by atoms with van der Waals surface area (Å²) in [6.45, 7) is 1.99. The number of rotatable bonds is 2. The van der Waals surface area contributed by atoms with Gasteiger partial charge >= 0.3 is 0 Å². The summed E-state index contributed by atoms with van der Waals surface area (Å²) < 4.78 is 0. The molecule has 0 spiro atoms. The second-order valence-electron chi connectivity index (χ2n) is 5.39. The van der Waals surface area contributed by atoms with Crippen molar-refractivity contribution < 1.29 is 0 Å². The first-order valence-corrected chi connectivity index (χ1v) is 7.24. The van der Waals surface area contributed by atoms with Gasteiger partial charge in [0.15, 0.2) is 0 Å². The molecular formula is C17H15ClN2. The molecule has 1 aromatic heterocycles. The number of aromatic amines is 1. The molecule has 0 bridgehead atoms. The number of nitrogens with one attached hydrogen (secondary N) is 2. The summed E-state index contributed by atoms with van der Waals surface area (Å²) in [4.78, 5) is 3.32. The summed E-state index contributed by atoms with van der Waals surface area (Å²) >= 11 is 6.11. The normalized spacial score (nSPS) is 13.8. The molecule has 2 heterocycles. The van der Waals surface area contributed by atoms with Gasteiger partial charge in [0.05, 0.1) is 0 Å². The maximum absolute atomic E-state index is 6.11. The fourth-order valence-electron chi connectivity index (χ4n) is 2.97. The van der Waals surface area contributed by atoms with Crippen molar-refractivity contribution in [3.63, 3.8) is 0 Å². The van der Waals surface area contributed by atoms with Crippen LogP contribution in [0.2, 0.25) is 5.02 Å². The van der Waals surface area contributed by atoms with Gasteiger partial charge < -0.3 is 10.3 Å². The lowest BCUT2D eigenvalue weighted by Gasteiger charge is -2.04. The van der Waals surface area contributed by atoms with Crippen molar-refractivity contribution in [2.24, 2.45) is 0 Å². The molecule has 0 unspecified atom stereocenters. The highest BCUT2D eigenvalue weighted by atomic mass is 35.5. The van der Waals surface area contributed by atoms with Crippen molar-refractivity contribution in [3.05, 3.63) is 69.9 Å². The molecule has 20 heavy (non-hydrogen) atoms. The van der Waals surface area contributed by atoms with Crippen LogP contribution >= 0.6 is 11.6 Å². The summed E-state index contributed by atoms with van der Waals surface area (Å²) in [5, 5.41) is 5.39. The molecule has 1 aliphatic rings. The first-order chi connectivity index (χ1) is 9.79. The van der Waals surface area contributed by atoms with Crippen molar-refractivity contribution >= 4 is 22.5 Å². The third-order valence-electron chi connectivity index (χ3n) is 4.03. The van der Waals surface area contributed by atoms with Gasteiger partial charge in [-0.25, -0.2) is 0 Å². The number of hydrogen-bond acceptors (Lipinski definition) is 1. The van der Waals surface area contributed by atoms with Crippen LogP contribution in [0.5, 0.6) is 0 Å². The molecule has 2 N–H and O–H groups in total. The fourth-order valence-corrected chi connectivity index (χ4v) is 3.15. The van der Waals surface area contributed by atoms with E-state index < -0.39 is 0 Å². The van der Waals surface area contributed by atoms with Crippen LogP contribution in [0.3, 0.4) is 0 Å². The minimum absolute atomic E-state index is 0.788. The Bertz CT molecular complexity index is 789. The Labute approximate surface area is 122 Å². The maximum Gasteiger partial charge on any atom is 0.0457 e. The molecule has 0 radical (unpaired) electrons. The Hall–Kier alpha value is -1.77. The zero-order valence-electron chi connectivity index (χ0n) is 11.0. The standard InChI is InChI=1S/C17H15ClN2/c18-15-3-4-17-16(7-15)14(10-20-17)6-11-1-2-12-8-19-9-13(12)5-11/h1-5,7,10,19-20H,6,8-9H2. The third kappa shape index (κ3) is 2.01. The molecule has 0 amide bonds. The quantitative estimate of drug-likeness (QED) is 0.730. The van der Waals surface area contributed by atoms with Crippen LogP contribution in [0, 0.1) is 0 Å². The van der Waals surface area contributed by atoms with Crippen molar-refractivity contribution in [1.82, 2.24) is 10.3 Å². The highest BCUT2D eigenvalue weighted by molar-refractivity contribution is 6.31. The first-order valence-electron chi connectivity index (χ1n) is 6.86. The summed E-state index contributed by atoms with van der Waals surface area (Å²) in [6.07, 6.45) is 3.03. The van der Waals surface area contributed by atoms with Crippen LogP contribution in [0.15, 0.2) is 42.6 Å². The van der Waals surface area contributed by atoms with E-state index in [1.54, 1.807) is 0 Å². The van der Waals surface area contributed by atoms with Gasteiger partial charge in [-0.3, -0.25) is 0 Å². The molecule has 3 heteroatoms. The zero-order chi connectivity index (χ0) is 13.5. The highest BCUT2D eigenvalue weighted by Gasteiger charge is 2.11. The number of fused-ring (bicyclic) bond motifs is 2. The van der Waals surface area contributed by atoms with Gasteiger partial charge in [0.2, 0.25) is 0 Å². The first kappa shape index (κ1) is 12.0. The Kier molecular flexibility index (Phi) is 2.79. The van der Waals surface area contributed by atoms with Crippen LogP contribution < -0.4 is 5.32 Å². The Morgan fingerprint density at radius 1 is 1.00 bits per heavy atom. The topological polar surface area (TPSA) is 27.8 Å². The van der Waals surface area contributed by atoms with Crippen LogP contribution in [0.1, 0.15) is 22.3 Å². The van der Waals surface area contributed by atoms with Crippen molar-refractivity contribution in [2.45, 2.75) is 19.5 Å². The van der Waals surface area contributed by atoms with Crippen molar-refractivity contribution in [1.29, 1.82) is 0 Å². The van der Waals surface area contributed by atoms with Crippen LogP contribution in [-0.4, -0.2) is 4.98 Å². The molecule has 100 valence electrons. The molecule has 0 aliphatic carbocycles. The average Bonchev–Trinajstić information content (AvgIpc) is 3.05. The maximum atomic E-state index is 6.11. The molecule has 2 nitrogen and oxygen atoms in total. The van der Waals surface area contributed by atoms with E-state index in [1.807, 2.05) is 18.2 Å². The van der Waals surface area contributed by atoms with E-state index in [0.29, 0.717) is 0 Å². The number of hydrogen-bond donors (Lipinski definition) is 2. The van der Waals surface area contributed by atoms with E-state index in [4.69, 9.17) is 11.6 Å². The zero-order valence-corrected chi connectivity index (χ0v) is 11.8. The molecule has 3 aromatic rings. The van der Waals surface area contributed by atoms with Gasteiger partial charge in [-0.1, -0.05) is 29.8 Å². The fraction of sp³-hybridized carbons (Fsp3) is 0.176. The summed E-state index contributed by atoms with van der Waals surface area (Å²) in [7, 11) is 0. The molecule has 4 rings (SSSR count). The molecule has 0 fully saturated rings. The van der Waals surface area contributed by atoms with E-state index in [1.165, 1.54) is 27.6 Å². The smallest absolute Gasteiger partial charge is 0.0457 e. The van der Waals surface area contributed by atoms with E-state index in [9.17, 15) is 0 Å². The monoisotopic (exact) mass is 282 g/mol. The molecular weight excluding hydrogens is 268 g/mol. The van der Waals surface area contributed by atoms with E-state index in [2.05, 4.69) is 34.7 Å². The Morgan fingerprint density at radius 3 is 2.85 bits per heavy atom. The van der Waals surface area contributed by atoms with Gasteiger partial charge in [0.25, 0.3) is 0 Å². The van der Waals surface area contributed by atoms with Gasteiger partial charge in [0, 0.05) is 35.2 Å². The van der Waals surface area contributed by atoms with E-state index >= 15 is 0 Å². The number of benzene rings is 2. The summed E-state index contributed by atoms with van der Waals surface area (Å²) in [5.74, 6) is 0. The highest BCUT2D eigenvalue weighted by Crippen LogP contribution is 2.25. The van der Waals surface area contributed by atoms with Crippen molar-refractivity contribution in [3.8, 4) is 0 Å². The second-order valence-corrected chi connectivity index (χ2v) is 5.82. The van der Waals surface area contributed by atoms with Gasteiger partial charge in [0.1, 0.15) is 0 Å². The molecule has 0 saturated carbocycles. The average molecular weight is 283 g/mol. The number of H-pyrrole nitrogens is 1. The molecule has 1 aliphatic heterocycles. The van der Waals surface area contributed by atoms with Gasteiger partial charge in [-0.2, -0.15) is 0 Å². The lowest BCUT2D eigenvalue weighted by Crippen LogP contribution is -1.99. The lowest BCUT2D eigenvalue weighted by atomic mass is 10.0. The van der Waals surface area contributed by atoms with Gasteiger partial charge in [-0.05, 0) is 46.9 Å². The van der Waals surface area contributed by atoms with Crippen LogP contribution in [0.25, 0.3) is 10.9 Å². The third-order valence-corrected chi connectivity index (χ3v) is 4.26. The Balaban J connectivity index is 1.72. The predicted molar refractivity (Wildman–Crippen MR) is 83.1 cm³/mol. The minimum atomic E-state index is 0.788. The summed E-state index contributed by atoms with van der Waals surface area (Å²) in [6, 6.07) is 12.8. The van der Waals surface area contributed by atoms with E-state index in [-0.39, 0.29) is 0 Å². The molecule has 2 aromatic carbocycles. The minimum Gasteiger partial charge on any atom is -0.361 e. The molecule has 0 saturated heterocycles. The van der Waals surface area contributed by atoms with Crippen LogP contribution in [0.4, 0.5) is 0 Å². The summed E-state index contributed by atoms with van der Waals surface area (Å²) in [5.41, 5.74) is 6.66. The van der Waals surface area contributed by atoms with E-state index in [0.717, 1.165) is 30.0 Å². The number of halogens is 1. The predicted octanol–water partition coefficient (Wildman–Crippen LogP) is 4.02. The second kappa shape index (κ2) is 4.65. The number of aromatic nitrogens is 1. The largest absolute Gasteiger partial charge is 0.361 e. The van der Waals surface area contributed by atoms with Gasteiger partial charge in [-0.15, -0.1) is 0 Å².